The Bertz CT molecular complexity index is 406. The zero-order chi connectivity index (χ0) is 12.3. The maximum atomic E-state index is 8.71. The number of piperidine rings is 1. The molecule has 1 saturated heterocycles. The van der Waals surface area contributed by atoms with Crippen molar-refractivity contribution in [2.75, 3.05) is 25.5 Å². The zero-order valence-corrected chi connectivity index (χ0v) is 10.3. The van der Waals surface area contributed by atoms with Gasteiger partial charge < -0.3 is 10.2 Å². The lowest BCUT2D eigenvalue weighted by atomic mass is 9.94. The van der Waals surface area contributed by atoms with E-state index < -0.39 is 0 Å². The standard InChI is InChI=1S/C13H18N4/c1-10-9-17(2)6-5-12(10)16-13-4-3-11(7-14)8-15-13/h3-4,8,10,12H,5-6,9H2,1-2H3,(H,15,16). The molecule has 2 atom stereocenters. The van der Waals surface area contributed by atoms with E-state index in [2.05, 4.69) is 35.2 Å². The smallest absolute Gasteiger partial charge is 0.126 e. The van der Waals surface area contributed by atoms with Crippen LogP contribution in [0.1, 0.15) is 18.9 Å². The monoisotopic (exact) mass is 230 g/mol. The number of nitriles is 1. The Kier molecular flexibility index (Phi) is 3.60. The van der Waals surface area contributed by atoms with Crippen molar-refractivity contribution in [2.45, 2.75) is 19.4 Å². The van der Waals surface area contributed by atoms with Crippen LogP contribution in [0.15, 0.2) is 18.3 Å². The maximum absolute atomic E-state index is 8.71. The first-order valence-electron chi connectivity index (χ1n) is 6.00. The lowest BCUT2D eigenvalue weighted by Crippen LogP contribution is -2.43. The highest BCUT2D eigenvalue weighted by atomic mass is 15.1. The fourth-order valence-corrected chi connectivity index (χ4v) is 2.30. The number of hydrogen-bond donors (Lipinski definition) is 1. The van der Waals surface area contributed by atoms with Gasteiger partial charge in [-0.15, -0.1) is 0 Å². The van der Waals surface area contributed by atoms with Gasteiger partial charge in [0.25, 0.3) is 0 Å². The zero-order valence-electron chi connectivity index (χ0n) is 10.3. The number of nitrogens with one attached hydrogen (secondary N) is 1. The Morgan fingerprint density at radius 3 is 2.94 bits per heavy atom. The van der Waals surface area contributed by atoms with Crippen LogP contribution in [-0.4, -0.2) is 36.1 Å². The topological polar surface area (TPSA) is 52.0 Å². The fraction of sp³-hybridized carbons (Fsp3) is 0.538. The number of nitrogens with zero attached hydrogens (tertiary/aromatic N) is 3. The van der Waals surface area contributed by atoms with Crippen molar-refractivity contribution in [3.05, 3.63) is 23.9 Å². The molecule has 2 heterocycles. The van der Waals surface area contributed by atoms with Crippen LogP contribution in [0.3, 0.4) is 0 Å². The van der Waals surface area contributed by atoms with Crippen LogP contribution >= 0.6 is 0 Å². The predicted octanol–water partition coefficient (Wildman–Crippen LogP) is 1.71. The van der Waals surface area contributed by atoms with Crippen molar-refractivity contribution >= 4 is 5.82 Å². The highest BCUT2D eigenvalue weighted by Crippen LogP contribution is 2.19. The summed E-state index contributed by atoms with van der Waals surface area (Å²) in [5, 5.41) is 12.2. The Labute approximate surface area is 102 Å². The number of hydrogen-bond acceptors (Lipinski definition) is 4. The largest absolute Gasteiger partial charge is 0.367 e. The van der Waals surface area contributed by atoms with Crippen molar-refractivity contribution in [3.63, 3.8) is 0 Å². The van der Waals surface area contributed by atoms with E-state index in [0.717, 1.165) is 25.3 Å². The Morgan fingerprint density at radius 1 is 1.53 bits per heavy atom. The van der Waals surface area contributed by atoms with Gasteiger partial charge in [0.15, 0.2) is 0 Å². The summed E-state index contributed by atoms with van der Waals surface area (Å²) < 4.78 is 0. The van der Waals surface area contributed by atoms with Gasteiger partial charge in [0.1, 0.15) is 11.9 Å². The molecular weight excluding hydrogens is 212 g/mol. The third kappa shape index (κ3) is 2.95. The van der Waals surface area contributed by atoms with E-state index >= 15 is 0 Å². The molecule has 0 spiro atoms. The second-order valence-corrected chi connectivity index (χ2v) is 4.82. The third-order valence-corrected chi connectivity index (χ3v) is 3.33. The van der Waals surface area contributed by atoms with Gasteiger partial charge in [-0.05, 0) is 38.1 Å². The molecule has 0 radical (unpaired) electrons. The van der Waals surface area contributed by atoms with E-state index in [9.17, 15) is 0 Å². The number of pyridine rings is 1. The van der Waals surface area contributed by atoms with E-state index in [4.69, 9.17) is 5.26 Å². The Morgan fingerprint density at radius 2 is 2.35 bits per heavy atom. The summed E-state index contributed by atoms with van der Waals surface area (Å²) in [4.78, 5) is 6.61. The quantitative estimate of drug-likeness (QED) is 0.840. The Hall–Kier alpha value is -1.60. The average molecular weight is 230 g/mol. The maximum Gasteiger partial charge on any atom is 0.126 e. The minimum absolute atomic E-state index is 0.478. The van der Waals surface area contributed by atoms with Gasteiger partial charge in [0, 0.05) is 18.8 Å². The molecule has 2 rings (SSSR count). The number of rotatable bonds is 2. The molecule has 90 valence electrons. The van der Waals surface area contributed by atoms with Crippen LogP contribution < -0.4 is 5.32 Å². The molecule has 0 aliphatic carbocycles. The first-order chi connectivity index (χ1) is 8.19. The van der Waals surface area contributed by atoms with Crippen LogP contribution in [0.5, 0.6) is 0 Å². The molecule has 2 unspecified atom stereocenters. The van der Waals surface area contributed by atoms with Crippen LogP contribution in [0, 0.1) is 17.2 Å². The van der Waals surface area contributed by atoms with Crippen LogP contribution in [0.2, 0.25) is 0 Å². The third-order valence-electron chi connectivity index (χ3n) is 3.33. The molecule has 1 aliphatic heterocycles. The summed E-state index contributed by atoms with van der Waals surface area (Å²) in [7, 11) is 2.16. The summed E-state index contributed by atoms with van der Waals surface area (Å²) >= 11 is 0. The van der Waals surface area contributed by atoms with Crippen molar-refractivity contribution < 1.29 is 0 Å². The molecule has 0 aromatic carbocycles. The molecule has 17 heavy (non-hydrogen) atoms. The van der Waals surface area contributed by atoms with Crippen molar-refractivity contribution in [1.29, 1.82) is 5.26 Å². The minimum atomic E-state index is 0.478. The van der Waals surface area contributed by atoms with Gasteiger partial charge >= 0.3 is 0 Å². The van der Waals surface area contributed by atoms with Crippen LogP contribution in [0.4, 0.5) is 5.82 Å². The second-order valence-electron chi connectivity index (χ2n) is 4.82. The summed E-state index contributed by atoms with van der Waals surface area (Å²) in [6, 6.07) is 6.23. The predicted molar refractivity (Wildman–Crippen MR) is 67.6 cm³/mol. The van der Waals surface area contributed by atoms with E-state index in [-0.39, 0.29) is 0 Å². The number of aromatic nitrogens is 1. The van der Waals surface area contributed by atoms with Crippen molar-refractivity contribution in [2.24, 2.45) is 5.92 Å². The first kappa shape index (κ1) is 11.9. The van der Waals surface area contributed by atoms with Gasteiger partial charge in [-0.3, -0.25) is 0 Å². The van der Waals surface area contributed by atoms with Gasteiger partial charge in [0.05, 0.1) is 5.56 Å². The summed E-state index contributed by atoms with van der Waals surface area (Å²) in [6.07, 6.45) is 2.75. The molecule has 0 saturated carbocycles. The van der Waals surface area contributed by atoms with Crippen LogP contribution in [-0.2, 0) is 0 Å². The Balaban J connectivity index is 1.98. The number of likely N-dealkylation sites (tertiary alicyclic amines) is 1. The van der Waals surface area contributed by atoms with Gasteiger partial charge in [-0.1, -0.05) is 6.92 Å². The van der Waals surface area contributed by atoms with Gasteiger partial charge in [0.2, 0.25) is 0 Å². The summed E-state index contributed by atoms with van der Waals surface area (Å²) in [6.45, 7) is 4.50. The molecule has 0 amide bonds. The summed E-state index contributed by atoms with van der Waals surface area (Å²) in [5.41, 5.74) is 0.604. The highest BCUT2D eigenvalue weighted by molar-refractivity contribution is 5.40. The highest BCUT2D eigenvalue weighted by Gasteiger charge is 2.23. The average Bonchev–Trinajstić information content (AvgIpc) is 2.34. The molecule has 4 heteroatoms. The molecule has 1 fully saturated rings. The second kappa shape index (κ2) is 5.15. The lowest BCUT2D eigenvalue weighted by Gasteiger charge is -2.35. The number of anilines is 1. The van der Waals surface area contributed by atoms with Gasteiger partial charge in [-0.25, -0.2) is 4.98 Å². The molecule has 1 aromatic rings. The normalized spacial score (nSPS) is 25.2. The summed E-state index contributed by atoms with van der Waals surface area (Å²) in [5.74, 6) is 1.48. The van der Waals surface area contributed by atoms with Crippen molar-refractivity contribution in [1.82, 2.24) is 9.88 Å². The van der Waals surface area contributed by atoms with E-state index in [1.807, 2.05) is 6.07 Å². The molecule has 1 aliphatic rings. The van der Waals surface area contributed by atoms with E-state index in [1.54, 1.807) is 12.3 Å². The van der Waals surface area contributed by atoms with Crippen LogP contribution in [0.25, 0.3) is 0 Å². The lowest BCUT2D eigenvalue weighted by molar-refractivity contribution is 0.206. The first-order valence-corrected chi connectivity index (χ1v) is 6.00. The molecule has 0 bridgehead atoms. The minimum Gasteiger partial charge on any atom is -0.367 e. The molecule has 1 aromatic heterocycles. The molecule has 4 nitrogen and oxygen atoms in total. The van der Waals surface area contributed by atoms with Gasteiger partial charge in [-0.2, -0.15) is 5.26 Å². The molecule has 1 N–H and O–H groups in total. The van der Waals surface area contributed by atoms with Crippen molar-refractivity contribution in [3.8, 4) is 6.07 Å². The van der Waals surface area contributed by atoms with E-state index in [0.29, 0.717) is 17.5 Å². The molecular formula is C13H18N4. The SMILES string of the molecule is CC1CN(C)CCC1Nc1ccc(C#N)cn1. The van der Waals surface area contributed by atoms with E-state index in [1.165, 1.54) is 0 Å². The fourth-order valence-electron chi connectivity index (χ4n) is 2.30.